The van der Waals surface area contributed by atoms with Gasteiger partial charge in [-0.15, -0.1) is 0 Å². The fraction of sp³-hybridized carbons (Fsp3) is 0.533. The minimum Gasteiger partial charge on any atom is -0.480 e. The second kappa shape index (κ2) is 5.72. The van der Waals surface area contributed by atoms with Crippen LogP contribution in [0.4, 0.5) is 0 Å². The highest BCUT2D eigenvalue weighted by molar-refractivity contribution is 5.75. The Labute approximate surface area is 114 Å². The molecular weight excluding hydrogens is 240 g/mol. The molecule has 1 aromatic carbocycles. The Kier molecular flexibility index (Phi) is 4.22. The molecule has 1 aliphatic rings. The molecule has 0 aromatic heterocycles. The summed E-state index contributed by atoms with van der Waals surface area (Å²) >= 11 is 0. The van der Waals surface area contributed by atoms with Crippen LogP contribution in [-0.4, -0.2) is 23.2 Å². The van der Waals surface area contributed by atoms with E-state index in [9.17, 15) is 9.90 Å². The van der Waals surface area contributed by atoms with E-state index >= 15 is 0 Å². The molecule has 4 atom stereocenters. The van der Waals surface area contributed by atoms with Gasteiger partial charge in [-0.3, -0.25) is 10.2 Å². The van der Waals surface area contributed by atoms with Crippen LogP contribution in [0.1, 0.15) is 50.2 Å². The lowest BCUT2D eigenvalue weighted by Gasteiger charge is -2.19. The van der Waals surface area contributed by atoms with Crippen LogP contribution < -0.4 is 10.9 Å². The van der Waals surface area contributed by atoms with Gasteiger partial charge in [0, 0.05) is 12.0 Å². The third kappa shape index (κ3) is 2.80. The van der Waals surface area contributed by atoms with Gasteiger partial charge in [-0.2, -0.15) is 0 Å². The summed E-state index contributed by atoms with van der Waals surface area (Å²) in [6.45, 7) is 6.38. The molecule has 3 N–H and O–H groups in total. The maximum Gasteiger partial charge on any atom is 0.322 e. The lowest BCUT2D eigenvalue weighted by atomic mass is 9.86. The van der Waals surface area contributed by atoms with Crippen LogP contribution in [0.2, 0.25) is 0 Å². The van der Waals surface area contributed by atoms with Gasteiger partial charge in [0.15, 0.2) is 0 Å². The lowest BCUT2D eigenvalue weighted by molar-refractivity contribution is -0.139. The Bertz CT molecular complexity index is 444. The van der Waals surface area contributed by atoms with E-state index in [4.69, 9.17) is 0 Å². The summed E-state index contributed by atoms with van der Waals surface area (Å²) in [4.78, 5) is 11.2. The molecule has 1 heterocycles. The molecule has 0 amide bonds. The number of rotatable bonds is 4. The van der Waals surface area contributed by atoms with Crippen molar-refractivity contribution >= 4 is 5.97 Å². The van der Waals surface area contributed by atoms with Crippen molar-refractivity contribution < 1.29 is 9.90 Å². The Morgan fingerprint density at radius 3 is 2.47 bits per heavy atom. The van der Waals surface area contributed by atoms with E-state index in [0.29, 0.717) is 5.92 Å². The molecule has 0 aliphatic carbocycles. The van der Waals surface area contributed by atoms with Crippen LogP contribution in [0, 0.1) is 0 Å². The van der Waals surface area contributed by atoms with Crippen LogP contribution in [0.25, 0.3) is 0 Å². The van der Waals surface area contributed by atoms with E-state index in [1.54, 1.807) is 0 Å². The highest BCUT2D eigenvalue weighted by atomic mass is 16.4. The molecular formula is C15H22N2O2. The average Bonchev–Trinajstić information content (AvgIpc) is 2.80. The first kappa shape index (κ1) is 14.0. The fourth-order valence-corrected chi connectivity index (χ4v) is 2.67. The molecule has 4 unspecified atom stereocenters. The standard InChI is InChI=1S/C15H22N2O2/c1-4-9(2)11-5-7-12(8-6-11)13-10(3)16-17-14(13)15(18)19/h5-10,13-14,16-17H,4H2,1-3H3,(H,18,19). The number of benzene rings is 1. The number of aliphatic carboxylic acids is 1. The fourth-order valence-electron chi connectivity index (χ4n) is 2.67. The number of hydrogen-bond donors (Lipinski definition) is 3. The van der Waals surface area contributed by atoms with Crippen molar-refractivity contribution in [3.63, 3.8) is 0 Å². The molecule has 0 radical (unpaired) electrons. The smallest absolute Gasteiger partial charge is 0.322 e. The highest BCUT2D eigenvalue weighted by Gasteiger charge is 2.38. The normalized spacial score (nSPS) is 28.3. The van der Waals surface area contributed by atoms with Crippen LogP contribution in [0.15, 0.2) is 24.3 Å². The van der Waals surface area contributed by atoms with E-state index in [2.05, 4.69) is 49.0 Å². The van der Waals surface area contributed by atoms with E-state index in [0.717, 1.165) is 12.0 Å². The van der Waals surface area contributed by atoms with Crippen molar-refractivity contribution in [1.29, 1.82) is 0 Å². The van der Waals surface area contributed by atoms with E-state index in [-0.39, 0.29) is 12.0 Å². The summed E-state index contributed by atoms with van der Waals surface area (Å²) < 4.78 is 0. The largest absolute Gasteiger partial charge is 0.480 e. The van der Waals surface area contributed by atoms with Crippen molar-refractivity contribution in [3.05, 3.63) is 35.4 Å². The maximum atomic E-state index is 11.2. The van der Waals surface area contributed by atoms with Crippen LogP contribution in [-0.2, 0) is 4.79 Å². The molecule has 0 saturated carbocycles. The van der Waals surface area contributed by atoms with Gasteiger partial charge in [-0.05, 0) is 30.4 Å². The molecule has 1 saturated heterocycles. The number of carboxylic acid groups (broad SMARTS) is 1. The minimum atomic E-state index is -0.812. The summed E-state index contributed by atoms with van der Waals surface area (Å²) in [5, 5.41) is 9.24. The topological polar surface area (TPSA) is 61.4 Å². The van der Waals surface area contributed by atoms with Crippen molar-refractivity contribution in [2.24, 2.45) is 0 Å². The Morgan fingerprint density at radius 1 is 1.32 bits per heavy atom. The number of hydrazine groups is 1. The Morgan fingerprint density at radius 2 is 1.95 bits per heavy atom. The van der Waals surface area contributed by atoms with Crippen molar-refractivity contribution in [2.45, 2.75) is 51.1 Å². The third-order valence-corrected chi connectivity index (χ3v) is 4.13. The second-order valence-electron chi connectivity index (χ2n) is 5.40. The van der Waals surface area contributed by atoms with Crippen molar-refractivity contribution in [1.82, 2.24) is 10.9 Å². The predicted molar refractivity (Wildman–Crippen MR) is 75.0 cm³/mol. The van der Waals surface area contributed by atoms with Gasteiger partial charge in [0.2, 0.25) is 0 Å². The number of hydrogen-bond acceptors (Lipinski definition) is 3. The molecule has 4 nitrogen and oxygen atoms in total. The van der Waals surface area contributed by atoms with Gasteiger partial charge in [0.05, 0.1) is 0 Å². The van der Waals surface area contributed by atoms with E-state index in [1.165, 1.54) is 5.56 Å². The predicted octanol–water partition coefficient (Wildman–Crippen LogP) is 2.23. The second-order valence-corrected chi connectivity index (χ2v) is 5.40. The zero-order valence-electron chi connectivity index (χ0n) is 11.7. The zero-order chi connectivity index (χ0) is 14.0. The van der Waals surface area contributed by atoms with Gasteiger partial charge >= 0.3 is 5.97 Å². The third-order valence-electron chi connectivity index (χ3n) is 4.13. The van der Waals surface area contributed by atoms with Crippen LogP contribution >= 0.6 is 0 Å². The monoisotopic (exact) mass is 262 g/mol. The van der Waals surface area contributed by atoms with Gasteiger partial charge in [-0.1, -0.05) is 38.1 Å². The molecule has 4 heteroatoms. The maximum absolute atomic E-state index is 11.2. The summed E-state index contributed by atoms with van der Waals surface area (Å²) in [5.74, 6) is -0.307. The molecule has 1 aromatic rings. The summed E-state index contributed by atoms with van der Waals surface area (Å²) in [6.07, 6.45) is 1.11. The minimum absolute atomic E-state index is 0.0384. The average molecular weight is 262 g/mol. The van der Waals surface area contributed by atoms with Crippen LogP contribution in [0.5, 0.6) is 0 Å². The molecule has 0 bridgehead atoms. The molecule has 104 valence electrons. The highest BCUT2D eigenvalue weighted by Crippen LogP contribution is 2.29. The summed E-state index contributed by atoms with van der Waals surface area (Å²) in [5.41, 5.74) is 8.25. The zero-order valence-corrected chi connectivity index (χ0v) is 11.7. The van der Waals surface area contributed by atoms with Crippen molar-refractivity contribution in [3.8, 4) is 0 Å². The summed E-state index contributed by atoms with van der Waals surface area (Å²) in [7, 11) is 0. The van der Waals surface area contributed by atoms with Gasteiger partial charge in [-0.25, -0.2) is 5.43 Å². The number of carbonyl (C=O) groups is 1. The first-order chi connectivity index (χ1) is 9.04. The first-order valence-corrected chi connectivity index (χ1v) is 6.88. The van der Waals surface area contributed by atoms with Crippen LogP contribution in [0.3, 0.4) is 0 Å². The summed E-state index contributed by atoms with van der Waals surface area (Å²) in [6, 6.07) is 7.90. The molecule has 1 fully saturated rings. The lowest BCUT2D eigenvalue weighted by Crippen LogP contribution is -2.38. The van der Waals surface area contributed by atoms with Crippen molar-refractivity contribution in [2.75, 3.05) is 0 Å². The van der Waals surface area contributed by atoms with Gasteiger partial charge < -0.3 is 5.11 Å². The van der Waals surface area contributed by atoms with Gasteiger partial charge in [0.25, 0.3) is 0 Å². The SMILES string of the molecule is CCC(C)c1ccc(C2C(C)NNC2C(=O)O)cc1. The molecule has 19 heavy (non-hydrogen) atoms. The molecule has 2 rings (SSSR count). The molecule has 1 aliphatic heterocycles. The quantitative estimate of drug-likeness (QED) is 0.778. The first-order valence-electron chi connectivity index (χ1n) is 6.88. The number of nitrogens with one attached hydrogen (secondary N) is 2. The Balaban J connectivity index is 2.23. The number of carboxylic acids is 1. The Hall–Kier alpha value is -1.39. The van der Waals surface area contributed by atoms with Gasteiger partial charge in [0.1, 0.15) is 6.04 Å². The molecule has 0 spiro atoms. The van der Waals surface area contributed by atoms with E-state index in [1.807, 2.05) is 6.92 Å². The van der Waals surface area contributed by atoms with E-state index < -0.39 is 12.0 Å².